The summed E-state index contributed by atoms with van der Waals surface area (Å²) in [5.74, 6) is 7.10. The van der Waals surface area contributed by atoms with E-state index in [9.17, 15) is 9.50 Å². The Morgan fingerprint density at radius 3 is 2.56 bits per heavy atom. The molecule has 2 aromatic heterocycles. The third kappa shape index (κ3) is 4.43. The quantitative estimate of drug-likeness (QED) is 0.500. The number of rotatable bonds is 4. The maximum Gasteiger partial charge on any atom is 0.169 e. The van der Waals surface area contributed by atoms with Crippen molar-refractivity contribution in [1.82, 2.24) is 20.1 Å². The molecule has 3 aromatic rings. The van der Waals surface area contributed by atoms with Crippen molar-refractivity contribution in [3.8, 4) is 28.8 Å². The predicted molar refractivity (Wildman–Crippen MR) is 149 cm³/mol. The van der Waals surface area contributed by atoms with Crippen LogP contribution in [0.3, 0.4) is 0 Å². The number of aromatic hydroxyl groups is 1. The first-order valence-corrected chi connectivity index (χ1v) is 13.7. The second kappa shape index (κ2) is 9.38. The molecule has 0 radical (unpaired) electrons. The smallest absolute Gasteiger partial charge is 0.169 e. The van der Waals surface area contributed by atoms with Crippen molar-refractivity contribution in [2.75, 3.05) is 48.3 Å². The van der Waals surface area contributed by atoms with Crippen molar-refractivity contribution < 1.29 is 9.50 Å². The van der Waals surface area contributed by atoms with Gasteiger partial charge in [-0.25, -0.2) is 9.37 Å². The van der Waals surface area contributed by atoms with Crippen LogP contribution in [-0.2, 0) is 0 Å². The van der Waals surface area contributed by atoms with Gasteiger partial charge < -0.3 is 20.6 Å². The molecule has 3 N–H and O–H groups in total. The van der Waals surface area contributed by atoms with E-state index in [1.54, 1.807) is 12.1 Å². The van der Waals surface area contributed by atoms with Gasteiger partial charge in [0.2, 0.25) is 0 Å². The summed E-state index contributed by atoms with van der Waals surface area (Å²) in [6.07, 6.45) is 4.90. The number of nitrogens with two attached hydrogens (primary N) is 1. The fraction of sp³-hybridized carbons (Fsp3) is 0.433. The van der Waals surface area contributed by atoms with Crippen molar-refractivity contribution in [3.05, 3.63) is 54.4 Å². The van der Waals surface area contributed by atoms with E-state index >= 15 is 0 Å². The molecular weight excluding hydrogens is 493 g/mol. The van der Waals surface area contributed by atoms with E-state index in [-0.39, 0.29) is 11.2 Å². The Morgan fingerprint density at radius 1 is 1.05 bits per heavy atom. The highest BCUT2D eigenvalue weighted by atomic mass is 19.1. The lowest BCUT2D eigenvalue weighted by molar-refractivity contribution is -0.0961. The van der Waals surface area contributed by atoms with E-state index in [1.807, 2.05) is 24.4 Å². The molecule has 0 amide bonds. The molecule has 1 saturated carbocycles. The summed E-state index contributed by atoms with van der Waals surface area (Å²) in [5, 5.41) is 18.8. The number of anilines is 3. The van der Waals surface area contributed by atoms with Gasteiger partial charge in [0, 0.05) is 61.1 Å². The molecule has 4 fully saturated rings. The maximum absolute atomic E-state index is 13.2. The zero-order valence-electron chi connectivity index (χ0n) is 21.8. The number of phenols is 1. The van der Waals surface area contributed by atoms with E-state index < -0.39 is 6.17 Å². The van der Waals surface area contributed by atoms with Crippen molar-refractivity contribution in [3.63, 3.8) is 0 Å². The number of piperazine rings is 1. The zero-order valence-corrected chi connectivity index (χ0v) is 21.8. The van der Waals surface area contributed by atoms with Crippen LogP contribution in [0.4, 0.5) is 21.6 Å². The van der Waals surface area contributed by atoms with E-state index in [0.29, 0.717) is 35.7 Å². The standard InChI is InChI=1S/C30H32FN7O/c31-20-14-30(15-20)18-36(19-30)11-3-4-21-12-22(9-10-33-21)38-23-7-8-24(38)17-37(16-23)27-13-26(34-35-29(27)32)25-5-1-2-6-28(25)39/h1-2,5-6,9-10,12-13,20,23-24,39H,7-8,11,14-19H2,(H2,32,35). The zero-order chi connectivity index (χ0) is 26.6. The van der Waals surface area contributed by atoms with Crippen LogP contribution in [0.1, 0.15) is 31.4 Å². The Morgan fingerprint density at radius 2 is 1.82 bits per heavy atom. The maximum atomic E-state index is 13.2. The van der Waals surface area contributed by atoms with Crippen molar-refractivity contribution in [2.45, 2.75) is 43.9 Å². The number of halogens is 1. The van der Waals surface area contributed by atoms with Crippen LogP contribution in [0.15, 0.2) is 48.7 Å². The fourth-order valence-corrected chi connectivity index (χ4v) is 7.03. The third-order valence-corrected chi connectivity index (χ3v) is 8.79. The Balaban J connectivity index is 1.04. The van der Waals surface area contributed by atoms with Gasteiger partial charge in [0.15, 0.2) is 5.82 Å². The highest BCUT2D eigenvalue weighted by Crippen LogP contribution is 2.49. The third-order valence-electron chi connectivity index (χ3n) is 8.79. The molecule has 4 aliphatic rings. The number of benzene rings is 1. The first-order chi connectivity index (χ1) is 19.0. The van der Waals surface area contributed by atoms with Crippen molar-refractivity contribution in [1.29, 1.82) is 0 Å². The SMILES string of the molecule is Nc1nnc(-c2ccccc2O)cc1N1CC2CCC(C1)N2c1ccnc(C#CCN2CC3(CC(F)C3)C2)c1. The number of hydrogen-bond donors (Lipinski definition) is 2. The molecule has 2 unspecified atom stereocenters. The van der Waals surface area contributed by atoms with Crippen LogP contribution < -0.4 is 15.5 Å². The number of alkyl halides is 1. The Labute approximate surface area is 227 Å². The Kier molecular flexibility index (Phi) is 5.81. The number of phenolic OH excluding ortho intramolecular Hbond substituents is 1. The molecule has 39 heavy (non-hydrogen) atoms. The largest absolute Gasteiger partial charge is 0.507 e. The minimum atomic E-state index is -0.595. The molecule has 8 nitrogen and oxygen atoms in total. The first kappa shape index (κ1) is 24.2. The number of hydrogen-bond acceptors (Lipinski definition) is 8. The lowest BCUT2D eigenvalue weighted by Crippen LogP contribution is -2.62. The van der Waals surface area contributed by atoms with Crippen LogP contribution >= 0.6 is 0 Å². The average Bonchev–Trinajstić information content (AvgIpc) is 3.16. The first-order valence-electron chi connectivity index (χ1n) is 13.7. The number of likely N-dealkylation sites (tertiary alicyclic amines) is 1. The van der Waals surface area contributed by atoms with E-state index in [0.717, 1.165) is 68.9 Å². The molecule has 1 aliphatic carbocycles. The van der Waals surface area contributed by atoms with Crippen LogP contribution in [0.5, 0.6) is 5.75 Å². The van der Waals surface area contributed by atoms with Crippen LogP contribution in [-0.4, -0.2) is 76.2 Å². The summed E-state index contributed by atoms with van der Waals surface area (Å²) in [6.45, 7) is 4.29. The summed E-state index contributed by atoms with van der Waals surface area (Å²) in [4.78, 5) is 11.6. The Bertz CT molecular complexity index is 1440. The second-order valence-corrected chi connectivity index (χ2v) is 11.6. The van der Waals surface area contributed by atoms with E-state index in [2.05, 4.69) is 53.9 Å². The monoisotopic (exact) mass is 525 g/mol. The molecule has 1 aromatic carbocycles. The molecule has 3 aliphatic heterocycles. The predicted octanol–water partition coefficient (Wildman–Crippen LogP) is 3.47. The van der Waals surface area contributed by atoms with Gasteiger partial charge >= 0.3 is 0 Å². The normalized spacial score (nSPS) is 23.7. The summed E-state index contributed by atoms with van der Waals surface area (Å²) >= 11 is 0. The molecule has 2 atom stereocenters. The molecule has 7 rings (SSSR count). The van der Waals surface area contributed by atoms with E-state index in [1.165, 1.54) is 0 Å². The van der Waals surface area contributed by atoms with Crippen molar-refractivity contribution >= 4 is 17.2 Å². The minimum Gasteiger partial charge on any atom is -0.507 e. The summed E-state index contributed by atoms with van der Waals surface area (Å²) in [5.41, 5.74) is 10.6. The molecule has 200 valence electrons. The summed E-state index contributed by atoms with van der Waals surface area (Å²) < 4.78 is 13.2. The number of aromatic nitrogens is 3. The number of nitrogens with zero attached hydrogens (tertiary/aromatic N) is 6. The van der Waals surface area contributed by atoms with Gasteiger partial charge in [-0.2, -0.15) is 0 Å². The molecule has 3 saturated heterocycles. The topological polar surface area (TPSA) is 94.6 Å². The lowest BCUT2D eigenvalue weighted by Gasteiger charge is -2.56. The van der Waals surface area contributed by atoms with Crippen LogP contribution in [0, 0.1) is 17.3 Å². The van der Waals surface area contributed by atoms with Crippen LogP contribution in [0.25, 0.3) is 11.3 Å². The molecule has 1 spiro atoms. The highest BCUT2D eigenvalue weighted by Gasteiger charge is 2.52. The van der Waals surface area contributed by atoms with Crippen molar-refractivity contribution in [2.24, 2.45) is 5.41 Å². The summed E-state index contributed by atoms with van der Waals surface area (Å²) in [7, 11) is 0. The van der Waals surface area contributed by atoms with Gasteiger partial charge in [-0.3, -0.25) is 4.90 Å². The molecular formula is C30H32FN7O. The summed E-state index contributed by atoms with van der Waals surface area (Å²) in [6, 6.07) is 13.9. The number of fused-ring (bicyclic) bond motifs is 2. The number of pyridine rings is 1. The van der Waals surface area contributed by atoms with E-state index in [4.69, 9.17) is 5.73 Å². The molecule has 9 heteroatoms. The molecule has 5 heterocycles. The van der Waals surface area contributed by atoms with Gasteiger partial charge in [0.25, 0.3) is 0 Å². The lowest BCUT2D eigenvalue weighted by atomic mass is 9.62. The minimum absolute atomic E-state index is 0.172. The second-order valence-electron chi connectivity index (χ2n) is 11.6. The average molecular weight is 526 g/mol. The Hall–Kier alpha value is -3.90. The van der Waals surface area contributed by atoms with Gasteiger partial charge in [-0.05, 0) is 61.9 Å². The van der Waals surface area contributed by atoms with Crippen LogP contribution in [0.2, 0.25) is 0 Å². The van der Waals surface area contributed by atoms with Gasteiger partial charge in [-0.15, -0.1) is 10.2 Å². The van der Waals surface area contributed by atoms with Gasteiger partial charge in [0.05, 0.1) is 17.9 Å². The highest BCUT2D eigenvalue weighted by molar-refractivity contribution is 5.74. The number of nitrogen functional groups attached to an aromatic ring is 1. The fourth-order valence-electron chi connectivity index (χ4n) is 7.03. The van der Waals surface area contributed by atoms with Gasteiger partial charge in [-0.1, -0.05) is 18.1 Å². The molecule has 2 bridgehead atoms. The van der Waals surface area contributed by atoms with Gasteiger partial charge in [0.1, 0.15) is 17.6 Å². The number of para-hydroxylation sites is 1.